The van der Waals surface area contributed by atoms with E-state index in [1.807, 2.05) is 38.2 Å². The van der Waals surface area contributed by atoms with Crippen LogP contribution in [-0.4, -0.2) is 44.1 Å². The van der Waals surface area contributed by atoms with Gasteiger partial charge in [-0.2, -0.15) is 0 Å². The van der Waals surface area contributed by atoms with Crippen molar-refractivity contribution < 1.29 is 9.68 Å². The first kappa shape index (κ1) is 17.0. The summed E-state index contributed by atoms with van der Waals surface area (Å²) < 4.78 is 5.27. The van der Waals surface area contributed by atoms with Crippen molar-refractivity contribution in [1.82, 2.24) is 0 Å². The van der Waals surface area contributed by atoms with Crippen LogP contribution in [0.2, 0.25) is 0 Å². The fourth-order valence-electron chi connectivity index (χ4n) is 1.86. The lowest BCUT2D eigenvalue weighted by atomic mass is 10.2. The number of epoxide rings is 1. The van der Waals surface area contributed by atoms with Crippen molar-refractivity contribution in [1.29, 1.82) is 0 Å². The Bertz CT molecular complexity index is 608. The molecule has 1 unspecified atom stereocenters. The molecule has 1 aliphatic rings. The first-order chi connectivity index (χ1) is 11.1. The molecule has 2 N–H and O–H groups in total. The molecule has 1 aromatic rings. The van der Waals surface area contributed by atoms with E-state index in [0.29, 0.717) is 24.1 Å². The third-order valence-electron chi connectivity index (χ3n) is 3.27. The Labute approximate surface area is 136 Å². The van der Waals surface area contributed by atoms with Crippen molar-refractivity contribution in [2.75, 3.05) is 25.1 Å². The fraction of sp³-hybridized carbons (Fsp3) is 0.438. The number of amidine groups is 1. The van der Waals surface area contributed by atoms with Gasteiger partial charge in [0.1, 0.15) is 5.84 Å². The van der Waals surface area contributed by atoms with Crippen molar-refractivity contribution in [3.05, 3.63) is 24.3 Å². The number of para-hydroxylation sites is 2. The van der Waals surface area contributed by atoms with Crippen molar-refractivity contribution in [3.8, 4) is 0 Å². The zero-order chi connectivity index (χ0) is 16.7. The van der Waals surface area contributed by atoms with Gasteiger partial charge in [0.15, 0.2) is 0 Å². The number of rotatable bonds is 8. The number of nitrogens with two attached hydrogens (primary N) is 1. The van der Waals surface area contributed by atoms with Gasteiger partial charge in [0.05, 0.1) is 36.0 Å². The van der Waals surface area contributed by atoms with Crippen LogP contribution in [0.5, 0.6) is 0 Å². The summed E-state index contributed by atoms with van der Waals surface area (Å²) in [5.41, 5.74) is 8.03. The Morgan fingerprint density at radius 2 is 2.17 bits per heavy atom. The number of hydrogen-bond donors (Lipinski definition) is 1. The second-order valence-electron chi connectivity index (χ2n) is 5.33. The smallest absolute Gasteiger partial charge is 0.142 e. The molecule has 0 amide bonds. The maximum absolute atomic E-state index is 5.53. The first-order valence-corrected chi connectivity index (χ1v) is 7.59. The molecule has 7 heteroatoms. The van der Waals surface area contributed by atoms with Crippen LogP contribution in [0.4, 0.5) is 11.4 Å². The summed E-state index contributed by atoms with van der Waals surface area (Å²) in [7, 11) is 2.03. The van der Waals surface area contributed by atoms with Crippen molar-refractivity contribution >= 4 is 29.1 Å². The van der Waals surface area contributed by atoms with Gasteiger partial charge in [0, 0.05) is 20.0 Å². The second-order valence-corrected chi connectivity index (χ2v) is 5.33. The zero-order valence-electron chi connectivity index (χ0n) is 13.8. The number of benzene rings is 1. The van der Waals surface area contributed by atoms with E-state index in [-0.39, 0.29) is 0 Å². The van der Waals surface area contributed by atoms with E-state index in [4.69, 9.17) is 15.4 Å². The quantitative estimate of drug-likeness (QED) is 0.345. The predicted molar refractivity (Wildman–Crippen MR) is 93.7 cm³/mol. The second kappa shape index (κ2) is 8.28. The molecule has 0 radical (unpaired) electrons. The number of aliphatic imine (C=N–C) groups is 1. The Balaban J connectivity index is 2.02. The van der Waals surface area contributed by atoms with Gasteiger partial charge in [-0.15, -0.1) is 0 Å². The molecule has 1 aliphatic heterocycles. The fourth-order valence-corrected chi connectivity index (χ4v) is 1.86. The summed E-state index contributed by atoms with van der Waals surface area (Å²) in [5.74, 6) is 0.396. The molecule has 124 valence electrons. The van der Waals surface area contributed by atoms with Gasteiger partial charge >= 0.3 is 0 Å². The lowest BCUT2D eigenvalue weighted by Crippen LogP contribution is -2.22. The minimum atomic E-state index is 0.329. The molecule has 1 heterocycles. The lowest BCUT2D eigenvalue weighted by Gasteiger charge is -2.19. The average Bonchev–Trinajstić information content (AvgIpc) is 3.36. The molecular weight excluding hydrogens is 294 g/mol. The molecule has 23 heavy (non-hydrogen) atoms. The SMILES string of the molecule is CC/C(N)=N\O/N=C(\C)C=Nc1ccccc1N(C)CC1CO1. The molecule has 1 fully saturated rings. The Kier molecular flexibility index (Phi) is 6.10. The summed E-state index contributed by atoms with van der Waals surface area (Å²) in [6.07, 6.45) is 2.58. The van der Waals surface area contributed by atoms with Gasteiger partial charge < -0.3 is 15.4 Å². The minimum absolute atomic E-state index is 0.329. The molecule has 1 saturated heterocycles. The molecule has 0 aromatic heterocycles. The maximum Gasteiger partial charge on any atom is 0.142 e. The van der Waals surface area contributed by atoms with E-state index in [1.54, 1.807) is 13.1 Å². The highest BCUT2D eigenvalue weighted by atomic mass is 16.8. The van der Waals surface area contributed by atoms with Gasteiger partial charge in [-0.1, -0.05) is 24.2 Å². The molecule has 0 saturated carbocycles. The van der Waals surface area contributed by atoms with Gasteiger partial charge in [-0.05, 0) is 24.2 Å². The molecule has 0 aliphatic carbocycles. The van der Waals surface area contributed by atoms with Crippen LogP contribution >= 0.6 is 0 Å². The molecule has 7 nitrogen and oxygen atoms in total. The molecule has 2 rings (SSSR count). The number of oxime groups is 2. The molecule has 1 aromatic carbocycles. The largest absolute Gasteiger partial charge is 0.384 e. The van der Waals surface area contributed by atoms with Crippen molar-refractivity contribution in [3.63, 3.8) is 0 Å². The summed E-state index contributed by atoms with van der Waals surface area (Å²) >= 11 is 0. The van der Waals surface area contributed by atoms with Crippen LogP contribution in [0.15, 0.2) is 39.6 Å². The zero-order valence-corrected chi connectivity index (χ0v) is 13.8. The number of anilines is 1. The third kappa shape index (κ3) is 5.71. The van der Waals surface area contributed by atoms with E-state index >= 15 is 0 Å². The molecule has 1 atom stereocenters. The standard InChI is InChI=1S/C16H23N5O2/c1-4-16(17)20-23-19-12(2)9-18-14-7-5-6-8-15(14)21(3)10-13-11-22-13/h5-9,13H,4,10-11H2,1-3H3,(H2,17,20)/b18-9?,19-12+. The monoisotopic (exact) mass is 317 g/mol. The topological polar surface area (TPSA) is 88.1 Å². The highest BCUT2D eigenvalue weighted by Crippen LogP contribution is 2.28. The van der Waals surface area contributed by atoms with Gasteiger partial charge in [-0.25, -0.2) is 4.94 Å². The van der Waals surface area contributed by atoms with E-state index in [9.17, 15) is 0 Å². The van der Waals surface area contributed by atoms with Crippen LogP contribution < -0.4 is 10.6 Å². The number of ether oxygens (including phenoxy) is 1. The molecular formula is C16H23N5O2. The first-order valence-electron chi connectivity index (χ1n) is 7.59. The summed E-state index contributed by atoms with van der Waals surface area (Å²) in [4.78, 5) is 11.4. The summed E-state index contributed by atoms with van der Waals surface area (Å²) in [6.45, 7) is 5.36. The average molecular weight is 317 g/mol. The normalized spacial score (nSPS) is 18.3. The maximum atomic E-state index is 5.53. The van der Waals surface area contributed by atoms with Crippen LogP contribution in [0.1, 0.15) is 20.3 Å². The highest BCUT2D eigenvalue weighted by molar-refractivity contribution is 6.29. The molecule has 0 spiro atoms. The van der Waals surface area contributed by atoms with Crippen LogP contribution in [0.3, 0.4) is 0 Å². The lowest BCUT2D eigenvalue weighted by molar-refractivity contribution is 0.155. The van der Waals surface area contributed by atoms with Crippen LogP contribution in [0, 0.1) is 0 Å². The summed E-state index contributed by atoms with van der Waals surface area (Å²) in [5, 5.41) is 7.47. The van der Waals surface area contributed by atoms with Crippen molar-refractivity contribution in [2.45, 2.75) is 26.4 Å². The van der Waals surface area contributed by atoms with E-state index in [1.165, 1.54) is 0 Å². The van der Waals surface area contributed by atoms with Crippen LogP contribution in [0.25, 0.3) is 0 Å². The minimum Gasteiger partial charge on any atom is -0.384 e. The van der Waals surface area contributed by atoms with E-state index in [0.717, 1.165) is 24.5 Å². The third-order valence-corrected chi connectivity index (χ3v) is 3.27. The predicted octanol–water partition coefficient (Wildman–Crippen LogP) is 2.30. The number of nitrogens with zero attached hydrogens (tertiary/aromatic N) is 4. The summed E-state index contributed by atoms with van der Waals surface area (Å²) in [6, 6.07) is 7.93. The number of hydrogen-bond acceptors (Lipinski definition) is 6. The van der Waals surface area contributed by atoms with Crippen molar-refractivity contribution in [2.24, 2.45) is 21.0 Å². The highest BCUT2D eigenvalue weighted by Gasteiger charge is 2.24. The Morgan fingerprint density at radius 3 is 2.87 bits per heavy atom. The van der Waals surface area contributed by atoms with E-state index in [2.05, 4.69) is 20.2 Å². The van der Waals surface area contributed by atoms with E-state index < -0.39 is 0 Å². The molecule has 0 bridgehead atoms. The van der Waals surface area contributed by atoms with Gasteiger partial charge in [0.2, 0.25) is 0 Å². The van der Waals surface area contributed by atoms with Gasteiger partial charge in [-0.3, -0.25) is 4.99 Å². The van der Waals surface area contributed by atoms with Gasteiger partial charge in [0.25, 0.3) is 0 Å². The Morgan fingerprint density at radius 1 is 1.43 bits per heavy atom. The number of likely N-dealkylation sites (N-methyl/N-ethyl adjacent to an activating group) is 1. The van der Waals surface area contributed by atoms with Crippen LogP contribution in [-0.2, 0) is 9.68 Å². The Hall–Kier alpha value is -2.41.